The maximum atomic E-state index is 13.2. The quantitative estimate of drug-likeness (QED) is 0.381. The number of nitrogens with zero attached hydrogens (tertiary/aromatic N) is 4. The van der Waals surface area contributed by atoms with Crippen LogP contribution in [0.25, 0.3) is 0 Å². The van der Waals surface area contributed by atoms with E-state index in [1.807, 2.05) is 36.4 Å². The zero-order valence-corrected chi connectivity index (χ0v) is 20.0. The molecule has 6 rings (SSSR count). The van der Waals surface area contributed by atoms with E-state index in [1.54, 1.807) is 34.8 Å². The summed E-state index contributed by atoms with van der Waals surface area (Å²) in [6.45, 7) is 0.716. The molecule has 0 radical (unpaired) electrons. The summed E-state index contributed by atoms with van der Waals surface area (Å²) in [5.74, 6) is 3.00. The van der Waals surface area contributed by atoms with Crippen LogP contribution >= 0.6 is 0 Å². The highest BCUT2D eigenvalue weighted by atomic mass is 32.2. The molecule has 1 aliphatic heterocycles. The number of piperidine rings is 1. The van der Waals surface area contributed by atoms with Gasteiger partial charge in [0.1, 0.15) is 5.76 Å². The number of aromatic nitrogens is 3. The molecule has 2 aromatic carbocycles. The summed E-state index contributed by atoms with van der Waals surface area (Å²) in [6, 6.07) is 18.6. The van der Waals surface area contributed by atoms with Crippen molar-refractivity contribution < 1.29 is 17.4 Å². The Morgan fingerprint density at radius 3 is 2.34 bits per heavy atom. The minimum absolute atomic E-state index is 0.310. The molecule has 1 saturated heterocycles. The largest absolute Gasteiger partial charge is 0.445 e. The molecule has 9 heteroatoms. The van der Waals surface area contributed by atoms with Gasteiger partial charge in [0.15, 0.2) is 11.7 Å². The first-order valence-electron chi connectivity index (χ1n) is 11.9. The summed E-state index contributed by atoms with van der Waals surface area (Å²) >= 11 is 0. The molecule has 8 nitrogen and oxygen atoms in total. The molecule has 1 aliphatic carbocycles. The molecule has 35 heavy (non-hydrogen) atoms. The molecule has 2 aromatic heterocycles. The van der Waals surface area contributed by atoms with Crippen molar-refractivity contribution in [3.05, 3.63) is 95.8 Å². The van der Waals surface area contributed by atoms with Crippen molar-refractivity contribution in [1.82, 2.24) is 19.4 Å². The Morgan fingerprint density at radius 1 is 0.971 bits per heavy atom. The Labute approximate surface area is 204 Å². The summed E-state index contributed by atoms with van der Waals surface area (Å²) in [5.41, 5.74) is 0.484. The predicted octanol–water partition coefficient (Wildman–Crippen LogP) is 4.30. The fraction of sp³-hybridized carbons (Fsp3) is 0.346. The summed E-state index contributed by atoms with van der Waals surface area (Å²) in [4.78, 5) is 9.44. The Morgan fingerprint density at radius 2 is 1.66 bits per heavy atom. The zero-order valence-electron chi connectivity index (χ0n) is 19.2. The highest BCUT2D eigenvalue weighted by Crippen LogP contribution is 2.42. The predicted molar refractivity (Wildman–Crippen MR) is 127 cm³/mol. The van der Waals surface area contributed by atoms with Gasteiger partial charge in [-0.25, -0.2) is 13.4 Å². The van der Waals surface area contributed by atoms with Gasteiger partial charge in [-0.3, -0.25) is 0 Å². The van der Waals surface area contributed by atoms with Crippen molar-refractivity contribution in [2.45, 2.75) is 48.3 Å². The van der Waals surface area contributed by atoms with Crippen LogP contribution in [0.3, 0.4) is 0 Å². The van der Waals surface area contributed by atoms with Crippen LogP contribution in [-0.2, 0) is 21.9 Å². The molecule has 3 heterocycles. The lowest BCUT2D eigenvalue weighted by atomic mass is 9.73. The fourth-order valence-electron chi connectivity index (χ4n) is 4.83. The Kier molecular flexibility index (Phi) is 5.53. The summed E-state index contributed by atoms with van der Waals surface area (Å²) < 4.78 is 39.6. The van der Waals surface area contributed by atoms with E-state index < -0.39 is 15.4 Å². The SMILES string of the molecule is O=S(=O)(c1ccccc1)N1CCC(c2ccccc2)(c2nc(Cc3cnc(C4CC4)o3)no2)CC1. The molecule has 0 amide bonds. The lowest BCUT2D eigenvalue weighted by molar-refractivity contribution is 0.214. The van der Waals surface area contributed by atoms with Gasteiger partial charge in [0.05, 0.1) is 22.9 Å². The Balaban J connectivity index is 1.27. The van der Waals surface area contributed by atoms with Gasteiger partial charge >= 0.3 is 0 Å². The van der Waals surface area contributed by atoms with Crippen LogP contribution in [0.15, 0.2) is 80.7 Å². The molecular formula is C26H26N4O4S. The van der Waals surface area contributed by atoms with E-state index in [4.69, 9.17) is 13.9 Å². The number of sulfonamides is 1. The first-order chi connectivity index (χ1) is 17.0. The third-order valence-electron chi connectivity index (χ3n) is 6.99. The minimum atomic E-state index is -3.56. The van der Waals surface area contributed by atoms with E-state index in [0.29, 0.717) is 54.9 Å². The topological polar surface area (TPSA) is 102 Å². The van der Waals surface area contributed by atoms with Crippen LogP contribution in [0.1, 0.15) is 60.5 Å². The molecule has 180 valence electrons. The molecular weight excluding hydrogens is 464 g/mol. The summed E-state index contributed by atoms with van der Waals surface area (Å²) in [5, 5.41) is 4.24. The van der Waals surface area contributed by atoms with Gasteiger partial charge < -0.3 is 8.94 Å². The standard InChI is InChI=1S/C26H26N4O4S/c31-35(32,22-9-5-2-6-10-22)30-15-13-26(14-16-30,20-7-3-1-4-8-20)25-28-23(29-34-25)17-21-18-27-24(33-21)19-11-12-19/h1-10,18-19H,11-17H2. The number of oxazole rings is 1. The van der Waals surface area contributed by atoms with Crippen molar-refractivity contribution in [1.29, 1.82) is 0 Å². The smallest absolute Gasteiger partial charge is 0.243 e. The third kappa shape index (κ3) is 4.19. The van der Waals surface area contributed by atoms with Crippen molar-refractivity contribution in [3.63, 3.8) is 0 Å². The van der Waals surface area contributed by atoms with Crippen LogP contribution in [0.2, 0.25) is 0 Å². The number of hydrogen-bond acceptors (Lipinski definition) is 7. The monoisotopic (exact) mass is 490 g/mol. The van der Waals surface area contributed by atoms with Crippen molar-refractivity contribution in [2.75, 3.05) is 13.1 Å². The molecule has 4 aromatic rings. The fourth-order valence-corrected chi connectivity index (χ4v) is 6.29. The van der Waals surface area contributed by atoms with Crippen molar-refractivity contribution >= 4 is 10.0 Å². The van der Waals surface area contributed by atoms with E-state index in [9.17, 15) is 8.42 Å². The lowest BCUT2D eigenvalue weighted by Gasteiger charge is -2.39. The van der Waals surface area contributed by atoms with E-state index in [0.717, 1.165) is 30.1 Å². The summed E-state index contributed by atoms with van der Waals surface area (Å²) in [6.07, 6.45) is 5.48. The highest BCUT2D eigenvalue weighted by molar-refractivity contribution is 7.89. The van der Waals surface area contributed by atoms with Gasteiger partial charge in [-0.15, -0.1) is 0 Å². The van der Waals surface area contributed by atoms with E-state index in [-0.39, 0.29) is 0 Å². The number of benzene rings is 2. The van der Waals surface area contributed by atoms with Gasteiger partial charge in [-0.1, -0.05) is 53.7 Å². The molecule has 0 atom stereocenters. The lowest BCUT2D eigenvalue weighted by Crippen LogP contribution is -2.45. The second-order valence-electron chi connectivity index (χ2n) is 9.30. The van der Waals surface area contributed by atoms with Crippen LogP contribution < -0.4 is 0 Å². The molecule has 0 unspecified atom stereocenters. The Bertz CT molecular complexity index is 1400. The zero-order chi connectivity index (χ0) is 23.9. The van der Waals surface area contributed by atoms with E-state index >= 15 is 0 Å². The van der Waals surface area contributed by atoms with Gasteiger partial charge in [0.25, 0.3) is 0 Å². The first-order valence-corrected chi connectivity index (χ1v) is 13.4. The van der Waals surface area contributed by atoms with E-state index in [2.05, 4.69) is 10.1 Å². The average molecular weight is 491 g/mol. The van der Waals surface area contributed by atoms with Crippen LogP contribution in [0.5, 0.6) is 0 Å². The van der Waals surface area contributed by atoms with Gasteiger partial charge in [-0.2, -0.15) is 9.29 Å². The minimum Gasteiger partial charge on any atom is -0.445 e. The Hall–Kier alpha value is -3.30. The van der Waals surface area contributed by atoms with Crippen LogP contribution in [0.4, 0.5) is 0 Å². The van der Waals surface area contributed by atoms with Gasteiger partial charge in [0, 0.05) is 19.0 Å². The van der Waals surface area contributed by atoms with Gasteiger partial charge in [-0.05, 0) is 43.4 Å². The first kappa shape index (κ1) is 22.2. The molecule has 2 fully saturated rings. The van der Waals surface area contributed by atoms with E-state index in [1.165, 1.54) is 0 Å². The molecule has 0 bridgehead atoms. The second kappa shape index (κ2) is 8.73. The van der Waals surface area contributed by atoms with Crippen LogP contribution in [0, 0.1) is 0 Å². The van der Waals surface area contributed by atoms with Crippen LogP contribution in [-0.4, -0.2) is 40.9 Å². The normalized spacial score (nSPS) is 18.5. The molecule has 0 spiro atoms. The number of rotatable bonds is 7. The van der Waals surface area contributed by atoms with Crippen molar-refractivity contribution in [3.8, 4) is 0 Å². The van der Waals surface area contributed by atoms with Gasteiger partial charge in [0.2, 0.25) is 15.9 Å². The maximum absolute atomic E-state index is 13.2. The summed E-state index contributed by atoms with van der Waals surface area (Å²) in [7, 11) is -3.56. The number of hydrogen-bond donors (Lipinski definition) is 0. The molecule has 2 aliphatic rings. The maximum Gasteiger partial charge on any atom is 0.243 e. The third-order valence-corrected chi connectivity index (χ3v) is 8.90. The molecule has 1 saturated carbocycles. The molecule has 0 N–H and O–H groups in total. The highest BCUT2D eigenvalue weighted by Gasteiger charge is 2.45. The average Bonchev–Trinajstić information content (AvgIpc) is 3.47. The van der Waals surface area contributed by atoms with Crippen molar-refractivity contribution in [2.24, 2.45) is 0 Å². The second-order valence-corrected chi connectivity index (χ2v) is 11.2.